The molecule has 0 aliphatic heterocycles. The van der Waals surface area contributed by atoms with Crippen molar-refractivity contribution < 1.29 is 0 Å². The van der Waals surface area contributed by atoms with Gasteiger partial charge in [-0.2, -0.15) is 16.9 Å². The second kappa shape index (κ2) is 7.36. The summed E-state index contributed by atoms with van der Waals surface area (Å²) >= 11 is 7.97. The van der Waals surface area contributed by atoms with E-state index >= 15 is 0 Å². The Hall–Kier alpha value is -0.680. The SMILES string of the molecule is CCn1nc(C)c2nc(CCl)n(CCCCCSC)c21. The lowest BCUT2D eigenvalue weighted by Crippen LogP contribution is -2.08. The Morgan fingerprint density at radius 2 is 2.05 bits per heavy atom. The molecule has 112 valence electrons. The zero-order valence-electron chi connectivity index (χ0n) is 12.5. The molecule has 0 bridgehead atoms. The van der Waals surface area contributed by atoms with Crippen LogP contribution < -0.4 is 0 Å². The molecule has 2 heterocycles. The molecule has 2 aromatic rings. The van der Waals surface area contributed by atoms with Crippen LogP contribution in [0.4, 0.5) is 0 Å². The monoisotopic (exact) mass is 314 g/mol. The number of hydrogen-bond donors (Lipinski definition) is 0. The van der Waals surface area contributed by atoms with Gasteiger partial charge in [0, 0.05) is 13.1 Å². The van der Waals surface area contributed by atoms with Crippen molar-refractivity contribution >= 4 is 34.5 Å². The number of alkyl halides is 1. The number of halogens is 1. The highest BCUT2D eigenvalue weighted by atomic mass is 35.5. The average Bonchev–Trinajstić information content (AvgIpc) is 2.97. The van der Waals surface area contributed by atoms with Crippen LogP contribution in [-0.4, -0.2) is 31.3 Å². The molecule has 6 heteroatoms. The zero-order valence-corrected chi connectivity index (χ0v) is 14.1. The third kappa shape index (κ3) is 3.14. The van der Waals surface area contributed by atoms with E-state index in [0.29, 0.717) is 5.88 Å². The van der Waals surface area contributed by atoms with Gasteiger partial charge >= 0.3 is 0 Å². The van der Waals surface area contributed by atoms with Crippen LogP contribution in [0.15, 0.2) is 0 Å². The fourth-order valence-corrected chi connectivity index (χ4v) is 3.22. The second-order valence-corrected chi connectivity index (χ2v) is 6.19. The average molecular weight is 315 g/mol. The van der Waals surface area contributed by atoms with Crippen molar-refractivity contribution in [2.75, 3.05) is 12.0 Å². The van der Waals surface area contributed by atoms with E-state index in [0.717, 1.165) is 35.8 Å². The zero-order chi connectivity index (χ0) is 14.5. The van der Waals surface area contributed by atoms with Gasteiger partial charge in [-0.25, -0.2) is 9.67 Å². The maximum absolute atomic E-state index is 6.05. The Labute approximate surface area is 129 Å². The van der Waals surface area contributed by atoms with Gasteiger partial charge < -0.3 is 4.57 Å². The summed E-state index contributed by atoms with van der Waals surface area (Å²) in [4.78, 5) is 4.66. The van der Waals surface area contributed by atoms with Crippen LogP contribution in [0.2, 0.25) is 0 Å². The number of hydrogen-bond acceptors (Lipinski definition) is 3. The van der Waals surface area contributed by atoms with Crippen molar-refractivity contribution in [1.29, 1.82) is 0 Å². The topological polar surface area (TPSA) is 35.6 Å². The van der Waals surface area contributed by atoms with Crippen LogP contribution in [0.5, 0.6) is 0 Å². The first-order valence-corrected chi connectivity index (χ1v) is 9.13. The van der Waals surface area contributed by atoms with Crippen molar-refractivity contribution in [1.82, 2.24) is 19.3 Å². The van der Waals surface area contributed by atoms with Crippen molar-refractivity contribution in [2.24, 2.45) is 0 Å². The Balaban J connectivity index is 2.20. The van der Waals surface area contributed by atoms with E-state index < -0.39 is 0 Å². The Bertz CT molecular complexity index is 561. The quantitative estimate of drug-likeness (QED) is 0.548. The molecule has 0 radical (unpaired) electrons. The fourth-order valence-electron chi connectivity index (χ4n) is 2.52. The third-order valence-corrected chi connectivity index (χ3v) is 4.46. The minimum Gasteiger partial charge on any atom is -0.312 e. The summed E-state index contributed by atoms with van der Waals surface area (Å²) in [6.45, 7) is 5.98. The first-order chi connectivity index (χ1) is 9.72. The predicted molar refractivity (Wildman–Crippen MR) is 87.7 cm³/mol. The summed E-state index contributed by atoms with van der Waals surface area (Å²) in [6.07, 6.45) is 5.86. The maximum Gasteiger partial charge on any atom is 0.158 e. The van der Waals surface area contributed by atoms with E-state index in [9.17, 15) is 0 Å². The molecule has 0 aliphatic carbocycles. The van der Waals surface area contributed by atoms with Gasteiger partial charge in [0.2, 0.25) is 0 Å². The number of aryl methyl sites for hydroxylation is 3. The smallest absolute Gasteiger partial charge is 0.158 e. The molecule has 4 nitrogen and oxygen atoms in total. The lowest BCUT2D eigenvalue weighted by Gasteiger charge is -2.09. The van der Waals surface area contributed by atoms with E-state index in [1.165, 1.54) is 25.0 Å². The highest BCUT2D eigenvalue weighted by Crippen LogP contribution is 2.21. The van der Waals surface area contributed by atoms with Crippen LogP contribution in [0.3, 0.4) is 0 Å². The van der Waals surface area contributed by atoms with Crippen LogP contribution in [0.1, 0.15) is 37.7 Å². The summed E-state index contributed by atoms with van der Waals surface area (Å²) in [7, 11) is 0. The van der Waals surface area contributed by atoms with E-state index in [1.54, 1.807) is 0 Å². The molecular formula is C14H23ClN4S. The predicted octanol–water partition coefficient (Wildman–Crippen LogP) is 3.83. The molecular weight excluding hydrogens is 292 g/mol. The van der Waals surface area contributed by atoms with Gasteiger partial charge in [0.25, 0.3) is 0 Å². The molecule has 0 aromatic carbocycles. The first kappa shape index (κ1) is 15.7. The third-order valence-electron chi connectivity index (χ3n) is 3.53. The molecule has 0 atom stereocenters. The van der Waals surface area contributed by atoms with E-state index in [4.69, 9.17) is 11.6 Å². The molecule has 0 amide bonds. The van der Waals surface area contributed by atoms with Gasteiger partial charge in [-0.05, 0) is 38.7 Å². The largest absolute Gasteiger partial charge is 0.312 e. The van der Waals surface area contributed by atoms with Crippen molar-refractivity contribution in [3.8, 4) is 0 Å². The molecule has 0 unspecified atom stereocenters. The first-order valence-electron chi connectivity index (χ1n) is 7.20. The van der Waals surface area contributed by atoms with E-state index in [-0.39, 0.29) is 0 Å². The van der Waals surface area contributed by atoms with Crippen molar-refractivity contribution in [2.45, 2.75) is 52.1 Å². The summed E-state index contributed by atoms with van der Waals surface area (Å²) < 4.78 is 4.29. The van der Waals surface area contributed by atoms with Crippen LogP contribution >= 0.6 is 23.4 Å². The second-order valence-electron chi connectivity index (χ2n) is 4.94. The normalized spacial score (nSPS) is 11.6. The number of rotatable bonds is 8. The highest BCUT2D eigenvalue weighted by Gasteiger charge is 2.17. The number of imidazole rings is 1. The molecule has 0 saturated carbocycles. The van der Waals surface area contributed by atoms with E-state index in [2.05, 4.69) is 27.8 Å². The van der Waals surface area contributed by atoms with Gasteiger partial charge in [-0.3, -0.25) is 0 Å². The van der Waals surface area contributed by atoms with E-state index in [1.807, 2.05) is 23.4 Å². The molecule has 2 rings (SSSR count). The number of thioether (sulfide) groups is 1. The summed E-state index contributed by atoms with van der Waals surface area (Å²) in [5.41, 5.74) is 3.13. The highest BCUT2D eigenvalue weighted by molar-refractivity contribution is 7.98. The van der Waals surface area contributed by atoms with Crippen molar-refractivity contribution in [3.05, 3.63) is 11.5 Å². The van der Waals surface area contributed by atoms with Crippen LogP contribution in [0.25, 0.3) is 11.2 Å². The molecule has 0 spiro atoms. The summed E-state index contributed by atoms with van der Waals surface area (Å²) in [5.74, 6) is 2.67. The fraction of sp³-hybridized carbons (Fsp3) is 0.714. The van der Waals surface area contributed by atoms with Crippen LogP contribution in [0, 0.1) is 6.92 Å². The lowest BCUT2D eigenvalue weighted by atomic mass is 10.2. The Morgan fingerprint density at radius 1 is 1.25 bits per heavy atom. The minimum absolute atomic E-state index is 0.461. The number of aromatic nitrogens is 4. The maximum atomic E-state index is 6.05. The Kier molecular flexibility index (Phi) is 5.78. The number of unbranched alkanes of at least 4 members (excludes halogenated alkanes) is 2. The van der Waals surface area contributed by atoms with Gasteiger partial charge in [0.1, 0.15) is 11.3 Å². The molecule has 0 fully saturated rings. The molecule has 20 heavy (non-hydrogen) atoms. The van der Waals surface area contributed by atoms with Crippen LogP contribution in [-0.2, 0) is 19.0 Å². The van der Waals surface area contributed by atoms with Gasteiger partial charge in [-0.15, -0.1) is 11.6 Å². The molecule has 0 saturated heterocycles. The minimum atomic E-state index is 0.461. The number of fused-ring (bicyclic) bond motifs is 1. The van der Waals surface area contributed by atoms with Crippen molar-refractivity contribution in [3.63, 3.8) is 0 Å². The van der Waals surface area contributed by atoms with Gasteiger partial charge in [0.15, 0.2) is 5.65 Å². The molecule has 0 aliphatic rings. The van der Waals surface area contributed by atoms with Gasteiger partial charge in [-0.1, -0.05) is 6.42 Å². The molecule has 0 N–H and O–H groups in total. The molecule has 2 aromatic heterocycles. The Morgan fingerprint density at radius 3 is 2.70 bits per heavy atom. The number of nitrogens with zero attached hydrogens (tertiary/aromatic N) is 4. The summed E-state index contributed by atoms with van der Waals surface area (Å²) in [6, 6.07) is 0. The summed E-state index contributed by atoms with van der Waals surface area (Å²) in [5, 5.41) is 4.55. The van der Waals surface area contributed by atoms with Gasteiger partial charge in [0.05, 0.1) is 11.6 Å². The lowest BCUT2D eigenvalue weighted by molar-refractivity contribution is 0.575. The standard InChI is InChI=1S/C14H23ClN4S/c1-4-19-14-13(11(2)17-19)16-12(10-15)18(14)8-6-5-7-9-20-3/h4-10H2,1-3H3.